The van der Waals surface area contributed by atoms with Gasteiger partial charge in [-0.25, -0.2) is 4.98 Å². The van der Waals surface area contributed by atoms with E-state index in [1.54, 1.807) is 23.1 Å². The molecule has 2 aromatic carbocycles. The molecule has 0 bridgehead atoms. The zero-order valence-electron chi connectivity index (χ0n) is 17.2. The summed E-state index contributed by atoms with van der Waals surface area (Å²) in [7, 11) is 4.11. The number of nitrogens with zero attached hydrogens (tertiary/aromatic N) is 3. The number of anilines is 1. The Morgan fingerprint density at radius 2 is 1.86 bits per heavy atom. The van der Waals surface area contributed by atoms with Gasteiger partial charge in [-0.15, -0.1) is 11.8 Å². The number of aromatic nitrogens is 1. The van der Waals surface area contributed by atoms with Crippen molar-refractivity contribution in [1.82, 2.24) is 9.88 Å². The smallest absolute Gasteiger partial charge is 0.260 e. The van der Waals surface area contributed by atoms with Crippen molar-refractivity contribution in [2.24, 2.45) is 0 Å². The second-order valence-electron chi connectivity index (χ2n) is 7.22. The number of thioether (sulfide) groups is 1. The Morgan fingerprint density at radius 1 is 1.11 bits per heavy atom. The predicted octanol–water partition coefficient (Wildman–Crippen LogP) is 5.23. The van der Waals surface area contributed by atoms with E-state index >= 15 is 0 Å². The monoisotopic (exact) mass is 413 g/mol. The number of amides is 1. The van der Waals surface area contributed by atoms with Crippen LogP contribution in [-0.2, 0) is 0 Å². The molecular weight excluding hydrogens is 386 g/mol. The third-order valence-electron chi connectivity index (χ3n) is 4.71. The average molecular weight is 414 g/mol. The number of aryl methyl sites for hydroxylation is 2. The van der Waals surface area contributed by atoms with Crippen molar-refractivity contribution in [2.45, 2.75) is 25.2 Å². The predicted molar refractivity (Wildman–Crippen MR) is 122 cm³/mol. The zero-order valence-corrected chi connectivity index (χ0v) is 18.8. The lowest BCUT2D eigenvalue weighted by molar-refractivity contribution is 0.0986. The summed E-state index contributed by atoms with van der Waals surface area (Å²) in [6.45, 7) is 5.76. The first-order valence-corrected chi connectivity index (χ1v) is 11.4. The van der Waals surface area contributed by atoms with Gasteiger partial charge < -0.3 is 4.90 Å². The van der Waals surface area contributed by atoms with Gasteiger partial charge >= 0.3 is 0 Å². The molecule has 148 valence electrons. The van der Waals surface area contributed by atoms with Crippen LogP contribution in [0.4, 0.5) is 5.13 Å². The fourth-order valence-corrected chi connectivity index (χ4v) is 4.70. The summed E-state index contributed by atoms with van der Waals surface area (Å²) in [6, 6.07) is 12.1. The van der Waals surface area contributed by atoms with E-state index in [1.165, 1.54) is 10.3 Å². The maximum atomic E-state index is 13.4. The molecule has 0 radical (unpaired) electrons. The highest BCUT2D eigenvalue weighted by Gasteiger charge is 2.22. The van der Waals surface area contributed by atoms with Crippen LogP contribution in [0.1, 0.15) is 27.9 Å². The highest BCUT2D eigenvalue weighted by Crippen LogP contribution is 2.34. The van der Waals surface area contributed by atoms with E-state index in [2.05, 4.69) is 45.0 Å². The molecule has 0 unspecified atom stereocenters. The lowest BCUT2D eigenvalue weighted by Gasteiger charge is -2.21. The summed E-state index contributed by atoms with van der Waals surface area (Å²) >= 11 is 3.26. The topological polar surface area (TPSA) is 36.4 Å². The molecule has 0 N–H and O–H groups in total. The van der Waals surface area contributed by atoms with E-state index in [-0.39, 0.29) is 5.91 Å². The highest BCUT2D eigenvalue weighted by molar-refractivity contribution is 7.98. The van der Waals surface area contributed by atoms with Gasteiger partial charge in [-0.2, -0.15) is 0 Å². The summed E-state index contributed by atoms with van der Waals surface area (Å²) in [6.07, 6.45) is 2.92. The molecule has 4 nitrogen and oxygen atoms in total. The summed E-state index contributed by atoms with van der Waals surface area (Å²) in [5, 5.41) is 0.783. The van der Waals surface area contributed by atoms with Crippen molar-refractivity contribution in [1.29, 1.82) is 0 Å². The third kappa shape index (κ3) is 4.57. The van der Waals surface area contributed by atoms with E-state index in [1.807, 2.05) is 35.4 Å². The summed E-state index contributed by atoms with van der Waals surface area (Å²) < 4.78 is 1.17. The first-order chi connectivity index (χ1) is 13.4. The Labute approximate surface area is 175 Å². The van der Waals surface area contributed by atoms with E-state index < -0.39 is 0 Å². The van der Waals surface area contributed by atoms with Crippen LogP contribution >= 0.6 is 23.1 Å². The molecular formula is C22H27N3OS2. The van der Waals surface area contributed by atoms with E-state index in [9.17, 15) is 4.79 Å². The maximum absolute atomic E-state index is 13.4. The maximum Gasteiger partial charge on any atom is 0.260 e. The van der Waals surface area contributed by atoms with Gasteiger partial charge in [0.2, 0.25) is 0 Å². The Balaban J connectivity index is 2.00. The Morgan fingerprint density at radius 3 is 2.54 bits per heavy atom. The number of benzene rings is 2. The first kappa shape index (κ1) is 20.8. The van der Waals surface area contributed by atoms with Crippen molar-refractivity contribution < 1.29 is 4.79 Å². The molecule has 0 fully saturated rings. The van der Waals surface area contributed by atoms with Gasteiger partial charge in [0.1, 0.15) is 0 Å². The SMILES string of the molecule is CSc1cccc(C(=O)N(CCCN(C)C)c2nc3c(C)ccc(C)c3s2)c1. The van der Waals surface area contributed by atoms with Gasteiger partial charge in [-0.1, -0.05) is 29.5 Å². The van der Waals surface area contributed by atoms with Crippen LogP contribution in [0.5, 0.6) is 0 Å². The van der Waals surface area contributed by atoms with Gasteiger partial charge in [0, 0.05) is 17.0 Å². The molecule has 6 heteroatoms. The summed E-state index contributed by atoms with van der Waals surface area (Å²) in [4.78, 5) is 23.4. The van der Waals surface area contributed by atoms with Crippen molar-refractivity contribution in [3.05, 3.63) is 53.1 Å². The van der Waals surface area contributed by atoms with Gasteiger partial charge in [-0.3, -0.25) is 9.69 Å². The van der Waals surface area contributed by atoms with Gasteiger partial charge in [0.15, 0.2) is 5.13 Å². The number of hydrogen-bond acceptors (Lipinski definition) is 5. The van der Waals surface area contributed by atoms with Crippen LogP contribution in [-0.4, -0.2) is 49.2 Å². The second-order valence-corrected chi connectivity index (χ2v) is 9.08. The molecule has 3 aromatic rings. The number of thiazole rings is 1. The van der Waals surface area contributed by atoms with E-state index in [0.29, 0.717) is 12.1 Å². The first-order valence-electron chi connectivity index (χ1n) is 9.38. The number of rotatable bonds is 7. The molecule has 28 heavy (non-hydrogen) atoms. The largest absolute Gasteiger partial charge is 0.309 e. The average Bonchev–Trinajstić information content (AvgIpc) is 3.14. The molecule has 0 saturated heterocycles. The van der Waals surface area contributed by atoms with Gasteiger partial charge in [0.25, 0.3) is 5.91 Å². The van der Waals surface area contributed by atoms with Crippen molar-refractivity contribution in [2.75, 3.05) is 38.3 Å². The fraction of sp³-hybridized carbons (Fsp3) is 0.364. The second kappa shape index (κ2) is 9.07. The minimum atomic E-state index is 0.0176. The fourth-order valence-electron chi connectivity index (χ4n) is 3.10. The number of carbonyl (C=O) groups excluding carboxylic acids is 1. The van der Waals surface area contributed by atoms with Crippen molar-refractivity contribution in [3.63, 3.8) is 0 Å². The molecule has 1 amide bonds. The zero-order chi connectivity index (χ0) is 20.3. The molecule has 0 aliphatic carbocycles. The molecule has 0 aliphatic heterocycles. The molecule has 0 saturated carbocycles. The van der Waals surface area contributed by atoms with E-state index in [4.69, 9.17) is 4.98 Å². The number of carbonyl (C=O) groups is 1. The number of fused-ring (bicyclic) bond motifs is 1. The van der Waals surface area contributed by atoms with Crippen molar-refractivity contribution in [3.8, 4) is 0 Å². The normalized spacial score (nSPS) is 11.4. The molecule has 1 heterocycles. The molecule has 0 aliphatic rings. The lowest BCUT2D eigenvalue weighted by atomic mass is 10.1. The quantitative estimate of drug-likeness (QED) is 0.497. The Bertz CT molecular complexity index is 942. The van der Waals surface area contributed by atoms with Crippen molar-refractivity contribution >= 4 is 44.4 Å². The lowest BCUT2D eigenvalue weighted by Crippen LogP contribution is -2.33. The van der Waals surface area contributed by atoms with Gasteiger partial charge in [0.05, 0.1) is 10.2 Å². The summed E-state index contributed by atoms with van der Waals surface area (Å²) in [5.74, 6) is 0.0176. The van der Waals surface area contributed by atoms with Crippen LogP contribution in [0.3, 0.4) is 0 Å². The Kier molecular flexibility index (Phi) is 6.75. The van der Waals surface area contributed by atoms with E-state index in [0.717, 1.165) is 34.1 Å². The van der Waals surface area contributed by atoms with Crippen LogP contribution in [0.25, 0.3) is 10.2 Å². The molecule has 0 atom stereocenters. The highest BCUT2D eigenvalue weighted by atomic mass is 32.2. The molecule has 1 aromatic heterocycles. The minimum Gasteiger partial charge on any atom is -0.309 e. The number of hydrogen-bond donors (Lipinski definition) is 0. The summed E-state index contributed by atoms with van der Waals surface area (Å²) in [5.41, 5.74) is 4.07. The van der Waals surface area contributed by atoms with Crippen LogP contribution in [0.15, 0.2) is 41.3 Å². The van der Waals surface area contributed by atoms with Crippen LogP contribution in [0, 0.1) is 13.8 Å². The molecule has 0 spiro atoms. The standard InChI is InChI=1S/C22H27N3OS2/c1-15-10-11-16(2)20-19(15)23-22(28-20)25(13-7-12-24(3)4)21(26)17-8-6-9-18(14-17)27-5/h6,8-11,14H,7,12-13H2,1-5H3. The minimum absolute atomic E-state index is 0.0176. The molecule has 3 rings (SSSR count). The Hall–Kier alpha value is -1.89. The van der Waals surface area contributed by atoms with Gasteiger partial charge in [-0.05, 0) is 76.5 Å². The third-order valence-corrected chi connectivity index (χ3v) is 6.65. The van der Waals surface area contributed by atoms with Crippen LogP contribution < -0.4 is 4.90 Å². The van der Waals surface area contributed by atoms with Crippen LogP contribution in [0.2, 0.25) is 0 Å².